The first-order valence-electron chi connectivity index (χ1n) is 7.70. The molecule has 0 bridgehead atoms. The number of fused-ring (bicyclic) bond motifs is 1. The minimum absolute atomic E-state index is 0.731. The molecule has 2 heteroatoms. The van der Waals surface area contributed by atoms with Crippen LogP contribution in [0.2, 0.25) is 0 Å². The maximum Gasteiger partial charge on any atom is 0.122 e. The van der Waals surface area contributed by atoms with Crippen molar-refractivity contribution in [1.82, 2.24) is 5.32 Å². The molecule has 0 amide bonds. The van der Waals surface area contributed by atoms with Crippen molar-refractivity contribution >= 4 is 0 Å². The summed E-state index contributed by atoms with van der Waals surface area (Å²) in [5, 5.41) is 3.57. The van der Waals surface area contributed by atoms with Gasteiger partial charge in [0, 0.05) is 6.42 Å². The summed E-state index contributed by atoms with van der Waals surface area (Å²) in [5.74, 6) is 3.41. The van der Waals surface area contributed by atoms with E-state index in [0.717, 1.165) is 43.1 Å². The number of ether oxygens (including phenoxy) is 1. The summed E-state index contributed by atoms with van der Waals surface area (Å²) in [7, 11) is 0. The molecule has 19 heavy (non-hydrogen) atoms. The molecular formula is C17H25NO. The second-order valence-electron chi connectivity index (χ2n) is 6.45. The van der Waals surface area contributed by atoms with Crippen LogP contribution in [0.3, 0.4) is 0 Å². The molecule has 1 aromatic carbocycles. The van der Waals surface area contributed by atoms with E-state index in [0.29, 0.717) is 0 Å². The topological polar surface area (TPSA) is 21.3 Å². The van der Waals surface area contributed by atoms with E-state index in [9.17, 15) is 0 Å². The van der Waals surface area contributed by atoms with Crippen LogP contribution in [0.25, 0.3) is 0 Å². The van der Waals surface area contributed by atoms with Crippen molar-refractivity contribution < 1.29 is 4.74 Å². The number of hydrogen-bond acceptors (Lipinski definition) is 2. The second-order valence-corrected chi connectivity index (χ2v) is 6.45. The van der Waals surface area contributed by atoms with Gasteiger partial charge in [-0.3, -0.25) is 0 Å². The van der Waals surface area contributed by atoms with Crippen molar-refractivity contribution in [2.75, 3.05) is 19.7 Å². The van der Waals surface area contributed by atoms with Crippen LogP contribution in [0.1, 0.15) is 43.7 Å². The molecule has 3 rings (SSSR count). The summed E-state index contributed by atoms with van der Waals surface area (Å²) in [4.78, 5) is 0. The SMILES string of the molecule is CC(C)CC1CNCCC1c1ccc2c(c1)CCO2. The molecule has 0 aliphatic carbocycles. The van der Waals surface area contributed by atoms with Crippen LogP contribution in [-0.4, -0.2) is 19.7 Å². The third kappa shape index (κ3) is 2.79. The zero-order valence-electron chi connectivity index (χ0n) is 12.1. The van der Waals surface area contributed by atoms with Gasteiger partial charge in [-0.2, -0.15) is 0 Å². The molecule has 2 atom stereocenters. The van der Waals surface area contributed by atoms with Gasteiger partial charge in [-0.1, -0.05) is 26.0 Å². The molecule has 2 aliphatic rings. The minimum atomic E-state index is 0.731. The highest BCUT2D eigenvalue weighted by molar-refractivity contribution is 5.41. The Balaban J connectivity index is 1.82. The van der Waals surface area contributed by atoms with E-state index in [1.54, 1.807) is 0 Å². The van der Waals surface area contributed by atoms with Crippen molar-refractivity contribution in [3.63, 3.8) is 0 Å². The number of piperidine rings is 1. The Kier molecular flexibility index (Phi) is 3.79. The van der Waals surface area contributed by atoms with E-state index in [2.05, 4.69) is 37.4 Å². The van der Waals surface area contributed by atoms with Gasteiger partial charge in [0.05, 0.1) is 6.61 Å². The van der Waals surface area contributed by atoms with Crippen LogP contribution in [-0.2, 0) is 6.42 Å². The van der Waals surface area contributed by atoms with Crippen LogP contribution in [0.15, 0.2) is 18.2 Å². The summed E-state index contributed by atoms with van der Waals surface area (Å²) in [6, 6.07) is 6.89. The smallest absolute Gasteiger partial charge is 0.122 e. The maximum atomic E-state index is 5.62. The van der Waals surface area contributed by atoms with Crippen LogP contribution in [0.5, 0.6) is 5.75 Å². The Labute approximate surface area is 116 Å². The molecule has 1 fully saturated rings. The maximum absolute atomic E-state index is 5.62. The first-order chi connectivity index (χ1) is 9.24. The van der Waals surface area contributed by atoms with Crippen molar-refractivity contribution in [2.45, 2.75) is 39.0 Å². The van der Waals surface area contributed by atoms with E-state index in [-0.39, 0.29) is 0 Å². The molecule has 2 aliphatic heterocycles. The standard InChI is InChI=1S/C17H25NO/c1-12(2)9-15-11-18-7-5-16(15)13-3-4-17-14(10-13)6-8-19-17/h3-4,10,12,15-16,18H,5-9,11H2,1-2H3. The van der Waals surface area contributed by atoms with Crippen molar-refractivity contribution in [1.29, 1.82) is 0 Å². The number of nitrogens with one attached hydrogen (secondary N) is 1. The largest absolute Gasteiger partial charge is 0.493 e. The predicted molar refractivity (Wildman–Crippen MR) is 78.8 cm³/mol. The molecule has 104 valence electrons. The molecule has 0 saturated carbocycles. The molecule has 1 aromatic rings. The van der Waals surface area contributed by atoms with Gasteiger partial charge < -0.3 is 10.1 Å². The highest BCUT2D eigenvalue weighted by atomic mass is 16.5. The third-order valence-corrected chi connectivity index (χ3v) is 4.52. The van der Waals surface area contributed by atoms with Gasteiger partial charge in [-0.05, 0) is 60.9 Å². The molecule has 2 nitrogen and oxygen atoms in total. The first kappa shape index (κ1) is 13.0. The summed E-state index contributed by atoms with van der Waals surface area (Å²) >= 11 is 0. The monoisotopic (exact) mass is 259 g/mol. The molecular weight excluding hydrogens is 234 g/mol. The van der Waals surface area contributed by atoms with E-state index in [4.69, 9.17) is 4.74 Å². The van der Waals surface area contributed by atoms with E-state index in [1.165, 1.54) is 30.5 Å². The van der Waals surface area contributed by atoms with Gasteiger partial charge >= 0.3 is 0 Å². The number of hydrogen-bond donors (Lipinski definition) is 1. The lowest BCUT2D eigenvalue weighted by Gasteiger charge is -2.34. The van der Waals surface area contributed by atoms with Gasteiger partial charge in [0.15, 0.2) is 0 Å². The predicted octanol–water partition coefficient (Wildman–Crippen LogP) is 3.36. The summed E-state index contributed by atoms with van der Waals surface area (Å²) in [5.41, 5.74) is 2.95. The number of rotatable bonds is 3. The van der Waals surface area contributed by atoms with Crippen LogP contribution in [0.4, 0.5) is 0 Å². The van der Waals surface area contributed by atoms with Crippen LogP contribution >= 0.6 is 0 Å². The molecule has 2 heterocycles. The Morgan fingerprint density at radius 3 is 3.11 bits per heavy atom. The van der Waals surface area contributed by atoms with Crippen molar-refractivity contribution in [3.05, 3.63) is 29.3 Å². The fraction of sp³-hybridized carbons (Fsp3) is 0.647. The Morgan fingerprint density at radius 2 is 2.26 bits per heavy atom. The highest BCUT2D eigenvalue weighted by Gasteiger charge is 2.27. The highest BCUT2D eigenvalue weighted by Crippen LogP contribution is 2.37. The quantitative estimate of drug-likeness (QED) is 0.898. The van der Waals surface area contributed by atoms with E-state index in [1.807, 2.05) is 0 Å². The van der Waals surface area contributed by atoms with Gasteiger partial charge in [0.25, 0.3) is 0 Å². The summed E-state index contributed by atoms with van der Waals surface area (Å²) < 4.78 is 5.62. The Bertz CT molecular complexity index is 441. The fourth-order valence-electron chi connectivity index (χ4n) is 3.65. The molecule has 2 unspecified atom stereocenters. The molecule has 1 saturated heterocycles. The van der Waals surface area contributed by atoms with E-state index >= 15 is 0 Å². The van der Waals surface area contributed by atoms with Gasteiger partial charge in [-0.25, -0.2) is 0 Å². The molecule has 0 spiro atoms. The second kappa shape index (κ2) is 5.54. The lowest BCUT2D eigenvalue weighted by atomic mass is 9.77. The fourth-order valence-corrected chi connectivity index (χ4v) is 3.65. The number of benzene rings is 1. The molecule has 0 aromatic heterocycles. The average Bonchev–Trinajstić information content (AvgIpc) is 2.86. The normalized spacial score (nSPS) is 26.3. The first-order valence-corrected chi connectivity index (χ1v) is 7.70. The third-order valence-electron chi connectivity index (χ3n) is 4.52. The summed E-state index contributed by atoms with van der Waals surface area (Å²) in [6.45, 7) is 7.87. The minimum Gasteiger partial charge on any atom is -0.493 e. The Hall–Kier alpha value is -1.02. The van der Waals surface area contributed by atoms with Crippen molar-refractivity contribution in [2.24, 2.45) is 11.8 Å². The molecule has 1 N–H and O–H groups in total. The summed E-state index contributed by atoms with van der Waals surface area (Å²) in [6.07, 6.45) is 3.69. The van der Waals surface area contributed by atoms with E-state index < -0.39 is 0 Å². The zero-order valence-corrected chi connectivity index (χ0v) is 12.1. The zero-order chi connectivity index (χ0) is 13.2. The lowest BCUT2D eigenvalue weighted by Crippen LogP contribution is -2.36. The Morgan fingerprint density at radius 1 is 1.37 bits per heavy atom. The van der Waals surface area contributed by atoms with Crippen LogP contribution < -0.4 is 10.1 Å². The van der Waals surface area contributed by atoms with Gasteiger partial charge in [-0.15, -0.1) is 0 Å². The van der Waals surface area contributed by atoms with Gasteiger partial charge in [0.1, 0.15) is 5.75 Å². The van der Waals surface area contributed by atoms with Gasteiger partial charge in [0.2, 0.25) is 0 Å². The van der Waals surface area contributed by atoms with Crippen molar-refractivity contribution in [3.8, 4) is 5.75 Å². The average molecular weight is 259 g/mol. The van der Waals surface area contributed by atoms with Crippen LogP contribution in [0, 0.1) is 11.8 Å². The molecule has 0 radical (unpaired) electrons. The lowest BCUT2D eigenvalue weighted by molar-refractivity contribution is 0.280.